The van der Waals surface area contributed by atoms with Crippen LogP contribution >= 0.6 is 0 Å². The van der Waals surface area contributed by atoms with Gasteiger partial charge in [0.05, 0.1) is 19.2 Å². The molecule has 11 heteroatoms. The highest BCUT2D eigenvalue weighted by Gasteiger charge is 2.38. The Hall–Kier alpha value is -3.65. The Bertz CT molecular complexity index is 1000. The second-order valence-corrected chi connectivity index (χ2v) is 7.46. The molecule has 0 spiro atoms. The number of methoxy groups -OCH3 is 1. The second kappa shape index (κ2) is 12.6. The van der Waals surface area contributed by atoms with Crippen molar-refractivity contribution in [3.8, 4) is 23.1 Å². The summed E-state index contributed by atoms with van der Waals surface area (Å²) in [6.45, 7) is 0.856. The van der Waals surface area contributed by atoms with Crippen molar-refractivity contribution in [3.63, 3.8) is 0 Å². The molecule has 2 aromatic rings. The summed E-state index contributed by atoms with van der Waals surface area (Å²) in [5.41, 5.74) is 2.90. The Morgan fingerprint density at radius 2 is 1.97 bits per heavy atom. The first-order valence-electron chi connectivity index (χ1n) is 10.5. The second-order valence-electron chi connectivity index (χ2n) is 7.46. The smallest absolute Gasteiger partial charge is 0.481 e. The number of hydrogen-bond acceptors (Lipinski definition) is 6. The fourth-order valence-electron chi connectivity index (χ4n) is 3.31. The van der Waals surface area contributed by atoms with Crippen LogP contribution in [0.3, 0.4) is 0 Å². The van der Waals surface area contributed by atoms with Gasteiger partial charge in [-0.2, -0.15) is 18.4 Å². The number of aliphatic carboxylic acids is 1. The van der Waals surface area contributed by atoms with Crippen LogP contribution in [0, 0.1) is 11.3 Å². The summed E-state index contributed by atoms with van der Waals surface area (Å²) in [5, 5.41) is 22.6. The molecule has 2 atom stereocenters. The zero-order valence-corrected chi connectivity index (χ0v) is 18.4. The van der Waals surface area contributed by atoms with Crippen LogP contribution < -0.4 is 15.4 Å². The van der Waals surface area contributed by atoms with Crippen LogP contribution in [0.5, 0.6) is 5.88 Å². The SMILES string of the molecule is COc1ncccc1-c1ccc(C[C@@H](C#N)NC(=O)[C@@H]2CCCCN2)cc1.O=C(O)C(F)(F)F. The summed E-state index contributed by atoms with van der Waals surface area (Å²) in [6, 6.07) is 13.2. The molecule has 0 radical (unpaired) electrons. The quantitative estimate of drug-likeness (QED) is 0.583. The zero-order valence-electron chi connectivity index (χ0n) is 18.4. The molecule has 1 aliphatic heterocycles. The van der Waals surface area contributed by atoms with E-state index < -0.39 is 18.2 Å². The number of nitrogens with zero attached hydrogens (tertiary/aromatic N) is 2. The Labute approximate surface area is 194 Å². The van der Waals surface area contributed by atoms with E-state index in [0.717, 1.165) is 42.5 Å². The molecule has 0 bridgehead atoms. The molecule has 1 aromatic carbocycles. The molecule has 1 fully saturated rings. The highest BCUT2D eigenvalue weighted by atomic mass is 19.4. The number of carbonyl (C=O) groups excluding carboxylic acids is 1. The fraction of sp³-hybridized carbons (Fsp3) is 0.391. The van der Waals surface area contributed by atoms with Crippen LogP contribution in [-0.2, 0) is 16.0 Å². The Morgan fingerprint density at radius 3 is 2.50 bits per heavy atom. The molecule has 2 heterocycles. The van der Waals surface area contributed by atoms with Gasteiger partial charge >= 0.3 is 12.1 Å². The third-order valence-electron chi connectivity index (χ3n) is 5.01. The van der Waals surface area contributed by atoms with E-state index in [9.17, 15) is 23.2 Å². The molecule has 3 rings (SSSR count). The number of carbonyl (C=O) groups is 2. The largest absolute Gasteiger partial charge is 0.490 e. The van der Waals surface area contributed by atoms with Crippen LogP contribution in [0.4, 0.5) is 13.2 Å². The van der Waals surface area contributed by atoms with Crippen molar-refractivity contribution in [3.05, 3.63) is 48.2 Å². The number of amides is 1. The van der Waals surface area contributed by atoms with Crippen molar-refractivity contribution in [2.75, 3.05) is 13.7 Å². The lowest BCUT2D eigenvalue weighted by molar-refractivity contribution is -0.192. The average Bonchev–Trinajstić information content (AvgIpc) is 2.84. The topological polar surface area (TPSA) is 124 Å². The van der Waals surface area contributed by atoms with Crippen LogP contribution in [0.2, 0.25) is 0 Å². The highest BCUT2D eigenvalue weighted by molar-refractivity contribution is 5.82. The molecular formula is C23H25F3N4O4. The van der Waals surface area contributed by atoms with Gasteiger partial charge in [-0.3, -0.25) is 4.79 Å². The van der Waals surface area contributed by atoms with Crippen molar-refractivity contribution in [2.24, 2.45) is 0 Å². The first kappa shape index (κ1) is 26.6. The van der Waals surface area contributed by atoms with E-state index in [1.165, 1.54) is 0 Å². The number of carboxylic acid groups (broad SMARTS) is 1. The number of halogens is 3. The maximum atomic E-state index is 12.3. The van der Waals surface area contributed by atoms with E-state index in [2.05, 4.69) is 21.7 Å². The standard InChI is InChI=1S/C21H24N4O2.C2HF3O2/c1-27-21-18(5-4-12-24-21)16-9-7-15(8-10-16)13-17(14-22)25-20(26)19-6-2-3-11-23-19;3-2(4,5)1(6)7/h4-5,7-10,12,17,19,23H,2-3,6,11,13H2,1H3,(H,25,26);(H,6,7)/t17-,19-;/m0./s1. The number of alkyl halides is 3. The summed E-state index contributed by atoms with van der Waals surface area (Å²) in [5.74, 6) is -2.27. The van der Waals surface area contributed by atoms with E-state index in [1.54, 1.807) is 13.3 Å². The van der Waals surface area contributed by atoms with Crippen LogP contribution in [0.25, 0.3) is 11.1 Å². The van der Waals surface area contributed by atoms with Gasteiger partial charge < -0.3 is 20.5 Å². The summed E-state index contributed by atoms with van der Waals surface area (Å²) in [4.78, 5) is 25.4. The number of aromatic nitrogens is 1. The summed E-state index contributed by atoms with van der Waals surface area (Å²) in [6.07, 6.45) is 0.0458. The molecule has 1 aliphatic rings. The molecule has 1 amide bonds. The summed E-state index contributed by atoms with van der Waals surface area (Å²) in [7, 11) is 1.60. The molecule has 0 unspecified atom stereocenters. The zero-order chi connectivity index (χ0) is 25.1. The molecule has 1 aromatic heterocycles. The predicted octanol–water partition coefficient (Wildman–Crippen LogP) is 3.08. The van der Waals surface area contributed by atoms with Crippen molar-refractivity contribution >= 4 is 11.9 Å². The van der Waals surface area contributed by atoms with Gasteiger partial charge in [-0.05, 0) is 42.6 Å². The minimum absolute atomic E-state index is 0.0852. The van der Waals surface area contributed by atoms with Gasteiger partial charge in [0.15, 0.2) is 0 Å². The fourth-order valence-corrected chi connectivity index (χ4v) is 3.31. The number of pyridine rings is 1. The first-order valence-corrected chi connectivity index (χ1v) is 10.5. The summed E-state index contributed by atoms with van der Waals surface area (Å²) >= 11 is 0. The third-order valence-corrected chi connectivity index (χ3v) is 5.01. The monoisotopic (exact) mass is 478 g/mol. The molecule has 0 saturated carbocycles. The number of benzene rings is 1. The number of piperidine rings is 1. The maximum absolute atomic E-state index is 12.3. The number of nitriles is 1. The van der Waals surface area contributed by atoms with E-state index in [0.29, 0.717) is 12.3 Å². The lowest BCUT2D eigenvalue weighted by Crippen LogP contribution is -2.49. The average molecular weight is 478 g/mol. The first-order chi connectivity index (χ1) is 16.2. The van der Waals surface area contributed by atoms with Crippen LogP contribution in [0.1, 0.15) is 24.8 Å². The molecule has 8 nitrogen and oxygen atoms in total. The Kier molecular flexibility index (Phi) is 9.82. The van der Waals surface area contributed by atoms with Crippen molar-refractivity contribution in [1.82, 2.24) is 15.6 Å². The van der Waals surface area contributed by atoms with E-state index >= 15 is 0 Å². The number of rotatable bonds is 6. The van der Waals surface area contributed by atoms with Crippen molar-refractivity contribution in [2.45, 2.75) is 43.9 Å². The lowest BCUT2D eigenvalue weighted by Gasteiger charge is -2.23. The minimum Gasteiger partial charge on any atom is -0.481 e. The van der Waals surface area contributed by atoms with Gasteiger partial charge in [0, 0.05) is 18.2 Å². The molecule has 1 saturated heterocycles. The van der Waals surface area contributed by atoms with Crippen molar-refractivity contribution in [1.29, 1.82) is 5.26 Å². The van der Waals surface area contributed by atoms with E-state index in [1.807, 2.05) is 36.4 Å². The normalized spacial score (nSPS) is 16.3. The van der Waals surface area contributed by atoms with Crippen LogP contribution in [-0.4, -0.2) is 53.9 Å². The van der Waals surface area contributed by atoms with Gasteiger partial charge in [-0.15, -0.1) is 0 Å². The Morgan fingerprint density at radius 1 is 1.29 bits per heavy atom. The van der Waals surface area contributed by atoms with E-state index in [-0.39, 0.29) is 11.9 Å². The van der Waals surface area contributed by atoms with Crippen molar-refractivity contribution < 1.29 is 32.6 Å². The highest BCUT2D eigenvalue weighted by Crippen LogP contribution is 2.27. The van der Waals surface area contributed by atoms with Gasteiger partial charge in [-0.1, -0.05) is 30.7 Å². The maximum Gasteiger partial charge on any atom is 0.490 e. The molecule has 0 aliphatic carbocycles. The van der Waals surface area contributed by atoms with Gasteiger partial charge in [0.2, 0.25) is 11.8 Å². The minimum atomic E-state index is -5.08. The van der Waals surface area contributed by atoms with E-state index in [4.69, 9.17) is 14.6 Å². The lowest BCUT2D eigenvalue weighted by atomic mass is 10.0. The third kappa shape index (κ3) is 8.04. The molecular weight excluding hydrogens is 453 g/mol. The van der Waals surface area contributed by atoms with Gasteiger partial charge in [-0.25, -0.2) is 9.78 Å². The molecule has 182 valence electrons. The number of hydrogen-bond donors (Lipinski definition) is 3. The predicted molar refractivity (Wildman–Crippen MR) is 117 cm³/mol. The van der Waals surface area contributed by atoms with Gasteiger partial charge in [0.1, 0.15) is 6.04 Å². The molecule has 34 heavy (non-hydrogen) atoms. The summed E-state index contributed by atoms with van der Waals surface area (Å²) < 4.78 is 37.0. The van der Waals surface area contributed by atoms with Gasteiger partial charge in [0.25, 0.3) is 0 Å². The Balaban J connectivity index is 0.000000509. The number of ether oxygens (including phenoxy) is 1. The molecule has 3 N–H and O–H groups in total. The number of carboxylic acids is 1. The number of nitrogens with one attached hydrogen (secondary N) is 2. The van der Waals surface area contributed by atoms with Crippen LogP contribution in [0.15, 0.2) is 42.6 Å².